The third-order valence-electron chi connectivity index (χ3n) is 2.90. The Morgan fingerprint density at radius 3 is 2.29 bits per heavy atom. The van der Waals surface area contributed by atoms with Gasteiger partial charge in [0.15, 0.2) is 0 Å². The van der Waals surface area contributed by atoms with E-state index in [4.69, 9.17) is 4.74 Å². The summed E-state index contributed by atoms with van der Waals surface area (Å²) in [6.45, 7) is 1.68. The molecule has 0 aliphatic carbocycles. The van der Waals surface area contributed by atoms with Crippen LogP contribution in [0.1, 0.15) is 18.9 Å². The summed E-state index contributed by atoms with van der Waals surface area (Å²) in [5.41, 5.74) is 0.613. The number of alkyl halides is 3. The summed E-state index contributed by atoms with van der Waals surface area (Å²) in [4.78, 5) is 11.2. The van der Waals surface area contributed by atoms with Crippen LogP contribution in [-0.4, -0.2) is 5.97 Å². The summed E-state index contributed by atoms with van der Waals surface area (Å²) in [6.07, 6.45) is -4.10. The molecule has 2 aromatic rings. The van der Waals surface area contributed by atoms with E-state index in [2.05, 4.69) is 0 Å². The van der Waals surface area contributed by atoms with Crippen LogP contribution in [0.5, 0.6) is 5.75 Å². The van der Waals surface area contributed by atoms with Crippen molar-refractivity contribution in [1.82, 2.24) is 0 Å². The van der Waals surface area contributed by atoms with Crippen molar-refractivity contribution in [1.29, 1.82) is 0 Å². The van der Waals surface area contributed by atoms with Gasteiger partial charge in [-0.3, -0.25) is 4.79 Å². The molecule has 2 rings (SSSR count). The molecule has 0 aliphatic rings. The van der Waals surface area contributed by atoms with Crippen molar-refractivity contribution in [2.45, 2.75) is 19.5 Å². The Labute approximate surface area is 120 Å². The summed E-state index contributed by atoms with van der Waals surface area (Å²) in [6, 6.07) is 11.5. The second kappa shape index (κ2) is 5.99. The van der Waals surface area contributed by atoms with Gasteiger partial charge >= 0.3 is 12.1 Å². The highest BCUT2D eigenvalue weighted by Crippen LogP contribution is 2.31. The van der Waals surface area contributed by atoms with Crippen LogP contribution in [0, 0.1) is 0 Å². The lowest BCUT2D eigenvalue weighted by atomic mass is 10.0. The predicted molar refractivity (Wildman–Crippen MR) is 72.8 cm³/mol. The third kappa shape index (κ3) is 3.84. The SMILES string of the molecule is CCC(=O)Oc1cccc(-c2ccc(C(F)(F)F)cc2)c1. The third-order valence-corrected chi connectivity index (χ3v) is 2.90. The first-order valence-corrected chi connectivity index (χ1v) is 6.38. The van der Waals surface area contributed by atoms with E-state index in [1.807, 2.05) is 0 Å². The predicted octanol–water partition coefficient (Wildman–Crippen LogP) is 4.69. The maximum absolute atomic E-state index is 12.5. The second-order valence-electron chi connectivity index (χ2n) is 4.43. The zero-order valence-electron chi connectivity index (χ0n) is 11.3. The minimum atomic E-state index is -4.35. The number of carbonyl (C=O) groups is 1. The average molecular weight is 294 g/mol. The zero-order valence-corrected chi connectivity index (χ0v) is 11.3. The zero-order chi connectivity index (χ0) is 15.5. The minimum Gasteiger partial charge on any atom is -0.427 e. The molecule has 0 saturated heterocycles. The second-order valence-corrected chi connectivity index (χ2v) is 4.43. The highest BCUT2D eigenvalue weighted by atomic mass is 19.4. The number of benzene rings is 2. The van der Waals surface area contributed by atoms with Gasteiger partial charge in [-0.1, -0.05) is 31.2 Å². The van der Waals surface area contributed by atoms with E-state index < -0.39 is 11.7 Å². The molecule has 0 amide bonds. The largest absolute Gasteiger partial charge is 0.427 e. The average Bonchev–Trinajstić information content (AvgIpc) is 2.46. The van der Waals surface area contributed by atoms with E-state index in [-0.39, 0.29) is 12.4 Å². The molecular formula is C16H13F3O2. The smallest absolute Gasteiger partial charge is 0.416 e. The van der Waals surface area contributed by atoms with Gasteiger partial charge in [0.05, 0.1) is 5.56 Å². The summed E-state index contributed by atoms with van der Waals surface area (Å²) in [7, 11) is 0. The topological polar surface area (TPSA) is 26.3 Å². The van der Waals surface area contributed by atoms with Crippen molar-refractivity contribution < 1.29 is 22.7 Å². The van der Waals surface area contributed by atoms with E-state index in [0.717, 1.165) is 12.1 Å². The van der Waals surface area contributed by atoms with Crippen molar-refractivity contribution >= 4 is 5.97 Å². The number of esters is 1. The van der Waals surface area contributed by atoms with E-state index in [9.17, 15) is 18.0 Å². The fraction of sp³-hybridized carbons (Fsp3) is 0.188. The van der Waals surface area contributed by atoms with Gasteiger partial charge in [-0.25, -0.2) is 0 Å². The van der Waals surface area contributed by atoms with Gasteiger partial charge in [0.1, 0.15) is 5.75 Å². The van der Waals surface area contributed by atoms with Gasteiger partial charge in [-0.05, 0) is 35.4 Å². The van der Waals surface area contributed by atoms with Crippen LogP contribution in [-0.2, 0) is 11.0 Å². The molecule has 0 unspecified atom stereocenters. The highest BCUT2D eigenvalue weighted by molar-refractivity contribution is 5.73. The molecule has 0 aromatic heterocycles. The first-order chi connectivity index (χ1) is 9.90. The van der Waals surface area contributed by atoms with E-state index in [0.29, 0.717) is 16.9 Å². The maximum Gasteiger partial charge on any atom is 0.416 e. The van der Waals surface area contributed by atoms with Gasteiger partial charge in [-0.15, -0.1) is 0 Å². The van der Waals surface area contributed by atoms with Gasteiger partial charge in [-0.2, -0.15) is 13.2 Å². The Morgan fingerprint density at radius 1 is 1.05 bits per heavy atom. The van der Waals surface area contributed by atoms with Crippen LogP contribution in [0.25, 0.3) is 11.1 Å². The number of ether oxygens (including phenoxy) is 1. The van der Waals surface area contributed by atoms with Crippen LogP contribution >= 0.6 is 0 Å². The number of halogens is 3. The standard InChI is InChI=1S/C16H13F3O2/c1-2-15(20)21-14-5-3-4-12(10-14)11-6-8-13(9-7-11)16(17,18)19/h3-10H,2H2,1H3. The molecule has 2 aromatic carbocycles. The lowest BCUT2D eigenvalue weighted by Gasteiger charge is -2.09. The molecule has 0 bridgehead atoms. The van der Waals surface area contributed by atoms with Crippen molar-refractivity contribution in [3.8, 4) is 16.9 Å². The molecule has 0 fully saturated rings. The van der Waals surface area contributed by atoms with Crippen LogP contribution in [0.2, 0.25) is 0 Å². The highest BCUT2D eigenvalue weighted by Gasteiger charge is 2.29. The number of carbonyl (C=O) groups excluding carboxylic acids is 1. The quantitative estimate of drug-likeness (QED) is 0.606. The van der Waals surface area contributed by atoms with Crippen molar-refractivity contribution in [2.24, 2.45) is 0 Å². The van der Waals surface area contributed by atoms with E-state index in [1.54, 1.807) is 31.2 Å². The molecular weight excluding hydrogens is 281 g/mol. The lowest BCUT2D eigenvalue weighted by Crippen LogP contribution is -2.05. The Kier molecular flexibility index (Phi) is 4.31. The summed E-state index contributed by atoms with van der Waals surface area (Å²) in [5.74, 6) is 0.0128. The molecule has 21 heavy (non-hydrogen) atoms. The first kappa shape index (κ1) is 15.1. The van der Waals surface area contributed by atoms with Crippen LogP contribution in [0.3, 0.4) is 0 Å². The Hall–Kier alpha value is -2.30. The van der Waals surface area contributed by atoms with Crippen molar-refractivity contribution in [3.63, 3.8) is 0 Å². The van der Waals surface area contributed by atoms with Crippen LogP contribution in [0.15, 0.2) is 48.5 Å². The Morgan fingerprint density at radius 2 is 1.71 bits per heavy atom. The molecule has 0 N–H and O–H groups in total. The normalized spacial score (nSPS) is 11.2. The molecule has 110 valence electrons. The fourth-order valence-electron chi connectivity index (χ4n) is 1.79. The van der Waals surface area contributed by atoms with E-state index in [1.165, 1.54) is 12.1 Å². The van der Waals surface area contributed by atoms with E-state index >= 15 is 0 Å². The van der Waals surface area contributed by atoms with Crippen LogP contribution < -0.4 is 4.74 Å². The van der Waals surface area contributed by atoms with Gasteiger partial charge in [0.2, 0.25) is 0 Å². The Bertz CT molecular complexity index is 631. The van der Waals surface area contributed by atoms with Crippen LogP contribution in [0.4, 0.5) is 13.2 Å². The molecule has 0 aliphatic heterocycles. The molecule has 0 saturated carbocycles. The van der Waals surface area contributed by atoms with Crippen molar-refractivity contribution in [2.75, 3.05) is 0 Å². The van der Waals surface area contributed by atoms with Gasteiger partial charge < -0.3 is 4.74 Å². The first-order valence-electron chi connectivity index (χ1n) is 6.38. The lowest BCUT2D eigenvalue weighted by molar-refractivity contribution is -0.137. The monoisotopic (exact) mass is 294 g/mol. The molecule has 0 spiro atoms. The number of hydrogen-bond acceptors (Lipinski definition) is 2. The Balaban J connectivity index is 2.26. The number of rotatable bonds is 3. The maximum atomic E-state index is 12.5. The fourth-order valence-corrected chi connectivity index (χ4v) is 1.79. The van der Waals surface area contributed by atoms with Gasteiger partial charge in [0.25, 0.3) is 0 Å². The molecule has 0 radical (unpaired) electrons. The molecule has 2 nitrogen and oxygen atoms in total. The molecule has 0 atom stereocenters. The van der Waals surface area contributed by atoms with Gasteiger partial charge in [0, 0.05) is 6.42 Å². The molecule has 5 heteroatoms. The minimum absolute atomic E-state index is 0.254. The summed E-state index contributed by atoms with van der Waals surface area (Å²) < 4.78 is 42.6. The summed E-state index contributed by atoms with van der Waals surface area (Å²) >= 11 is 0. The molecule has 0 heterocycles. The number of hydrogen-bond donors (Lipinski definition) is 0. The summed E-state index contributed by atoms with van der Waals surface area (Å²) in [5, 5.41) is 0. The van der Waals surface area contributed by atoms with Crippen molar-refractivity contribution in [3.05, 3.63) is 54.1 Å².